The van der Waals surface area contributed by atoms with Crippen molar-refractivity contribution < 1.29 is 4.79 Å². The van der Waals surface area contributed by atoms with Crippen molar-refractivity contribution in [2.75, 3.05) is 29.9 Å². The number of para-hydroxylation sites is 2. The molecular formula is C12H15BrN2O. The zero-order chi connectivity index (χ0) is 11.7. The standard InChI is InChI=1S/C12H15BrN2O/c1-9(13)12(16)15-8-7-14(2)10-5-3-4-6-11(10)15/h3-6,9H,7-8H2,1-2H3. The lowest BCUT2D eigenvalue weighted by Gasteiger charge is -2.36. The molecule has 1 heterocycles. The van der Waals surface area contributed by atoms with E-state index in [0.717, 1.165) is 24.5 Å². The summed E-state index contributed by atoms with van der Waals surface area (Å²) in [5.74, 6) is 0.126. The molecule has 2 rings (SSSR count). The smallest absolute Gasteiger partial charge is 0.240 e. The number of hydrogen-bond donors (Lipinski definition) is 0. The number of alkyl halides is 1. The van der Waals surface area contributed by atoms with Gasteiger partial charge in [0.1, 0.15) is 0 Å². The molecule has 3 nitrogen and oxygen atoms in total. The third-order valence-electron chi connectivity index (χ3n) is 2.85. The number of halogens is 1. The number of amides is 1. The normalized spacial score (nSPS) is 16.9. The van der Waals surface area contributed by atoms with Crippen LogP contribution in [0.15, 0.2) is 24.3 Å². The maximum atomic E-state index is 12.0. The molecule has 16 heavy (non-hydrogen) atoms. The van der Waals surface area contributed by atoms with Gasteiger partial charge in [-0.15, -0.1) is 0 Å². The minimum atomic E-state index is -0.135. The van der Waals surface area contributed by atoms with Gasteiger partial charge in [0.25, 0.3) is 0 Å². The van der Waals surface area contributed by atoms with Crippen LogP contribution in [0.25, 0.3) is 0 Å². The first-order valence-electron chi connectivity index (χ1n) is 5.37. The molecule has 1 unspecified atom stereocenters. The van der Waals surface area contributed by atoms with Gasteiger partial charge in [0, 0.05) is 20.1 Å². The van der Waals surface area contributed by atoms with E-state index in [-0.39, 0.29) is 10.7 Å². The van der Waals surface area contributed by atoms with Gasteiger partial charge in [0.05, 0.1) is 16.2 Å². The predicted molar refractivity (Wildman–Crippen MR) is 70.5 cm³/mol. The van der Waals surface area contributed by atoms with Crippen molar-refractivity contribution >= 4 is 33.2 Å². The highest BCUT2D eigenvalue weighted by Crippen LogP contribution is 2.32. The van der Waals surface area contributed by atoms with Crippen LogP contribution >= 0.6 is 15.9 Å². The molecule has 0 bridgehead atoms. The van der Waals surface area contributed by atoms with E-state index < -0.39 is 0 Å². The van der Waals surface area contributed by atoms with Crippen LogP contribution in [-0.2, 0) is 4.79 Å². The molecule has 0 saturated heterocycles. The van der Waals surface area contributed by atoms with Crippen LogP contribution in [0.1, 0.15) is 6.92 Å². The molecule has 1 atom stereocenters. The Kier molecular flexibility index (Phi) is 3.19. The van der Waals surface area contributed by atoms with Crippen molar-refractivity contribution in [3.05, 3.63) is 24.3 Å². The summed E-state index contributed by atoms with van der Waals surface area (Å²) in [5, 5.41) is 0. The highest BCUT2D eigenvalue weighted by molar-refractivity contribution is 9.10. The van der Waals surface area contributed by atoms with Crippen molar-refractivity contribution in [3.8, 4) is 0 Å². The lowest BCUT2D eigenvalue weighted by Crippen LogP contribution is -2.45. The molecule has 0 radical (unpaired) electrons. The highest BCUT2D eigenvalue weighted by Gasteiger charge is 2.26. The van der Waals surface area contributed by atoms with E-state index in [2.05, 4.69) is 27.9 Å². The van der Waals surface area contributed by atoms with Crippen molar-refractivity contribution in [3.63, 3.8) is 0 Å². The molecule has 1 amide bonds. The molecule has 0 saturated carbocycles. The van der Waals surface area contributed by atoms with Crippen molar-refractivity contribution in [1.82, 2.24) is 0 Å². The number of rotatable bonds is 1. The summed E-state index contributed by atoms with van der Waals surface area (Å²) < 4.78 is 0. The van der Waals surface area contributed by atoms with E-state index in [1.54, 1.807) is 0 Å². The minimum absolute atomic E-state index is 0.126. The molecule has 0 aliphatic carbocycles. The second kappa shape index (κ2) is 4.45. The summed E-state index contributed by atoms with van der Waals surface area (Å²) >= 11 is 3.34. The number of hydrogen-bond acceptors (Lipinski definition) is 2. The summed E-state index contributed by atoms with van der Waals surface area (Å²) in [5.41, 5.74) is 2.13. The summed E-state index contributed by atoms with van der Waals surface area (Å²) in [6, 6.07) is 8.02. The third kappa shape index (κ3) is 1.94. The molecule has 1 aromatic carbocycles. The first kappa shape index (κ1) is 11.5. The van der Waals surface area contributed by atoms with Crippen LogP contribution in [0, 0.1) is 0 Å². The quantitative estimate of drug-likeness (QED) is 0.738. The molecule has 86 valence electrons. The van der Waals surface area contributed by atoms with Crippen molar-refractivity contribution in [1.29, 1.82) is 0 Å². The maximum Gasteiger partial charge on any atom is 0.240 e. The summed E-state index contributed by atoms with van der Waals surface area (Å²) in [7, 11) is 2.05. The van der Waals surface area contributed by atoms with Crippen molar-refractivity contribution in [2.45, 2.75) is 11.8 Å². The van der Waals surface area contributed by atoms with E-state index >= 15 is 0 Å². The van der Waals surface area contributed by atoms with Gasteiger partial charge in [-0.1, -0.05) is 28.1 Å². The monoisotopic (exact) mass is 282 g/mol. The van der Waals surface area contributed by atoms with Crippen LogP contribution in [0.2, 0.25) is 0 Å². The van der Waals surface area contributed by atoms with E-state index in [9.17, 15) is 4.79 Å². The second-order valence-corrected chi connectivity index (χ2v) is 5.39. The van der Waals surface area contributed by atoms with Crippen molar-refractivity contribution in [2.24, 2.45) is 0 Å². The fourth-order valence-electron chi connectivity index (χ4n) is 1.95. The fourth-order valence-corrected chi connectivity index (χ4v) is 2.20. The zero-order valence-electron chi connectivity index (χ0n) is 9.48. The van der Waals surface area contributed by atoms with Gasteiger partial charge in [-0.25, -0.2) is 0 Å². The minimum Gasteiger partial charge on any atom is -0.371 e. The van der Waals surface area contributed by atoms with Gasteiger partial charge in [0.15, 0.2) is 0 Å². The number of benzene rings is 1. The predicted octanol–water partition coefficient (Wildman–Crippen LogP) is 2.25. The zero-order valence-corrected chi connectivity index (χ0v) is 11.1. The Bertz CT molecular complexity index is 406. The van der Waals surface area contributed by atoms with Crippen LogP contribution in [0.4, 0.5) is 11.4 Å². The first-order valence-corrected chi connectivity index (χ1v) is 6.28. The molecule has 1 aromatic rings. The largest absolute Gasteiger partial charge is 0.371 e. The Morgan fingerprint density at radius 3 is 2.56 bits per heavy atom. The number of anilines is 2. The Morgan fingerprint density at radius 1 is 1.31 bits per heavy atom. The SMILES string of the molecule is CC(Br)C(=O)N1CCN(C)c2ccccc21. The van der Waals surface area contributed by atoms with Crippen LogP contribution < -0.4 is 9.80 Å². The highest BCUT2D eigenvalue weighted by atomic mass is 79.9. The van der Waals surface area contributed by atoms with E-state index in [0.29, 0.717) is 0 Å². The maximum absolute atomic E-state index is 12.0. The van der Waals surface area contributed by atoms with Gasteiger partial charge >= 0.3 is 0 Å². The number of likely N-dealkylation sites (N-methyl/N-ethyl adjacent to an activating group) is 1. The van der Waals surface area contributed by atoms with Gasteiger partial charge in [-0.05, 0) is 19.1 Å². The second-order valence-electron chi connectivity index (χ2n) is 4.02. The van der Waals surface area contributed by atoms with Gasteiger partial charge in [-0.2, -0.15) is 0 Å². The number of carbonyl (C=O) groups excluding carboxylic acids is 1. The van der Waals surface area contributed by atoms with Gasteiger partial charge in [-0.3, -0.25) is 4.79 Å². The number of carbonyl (C=O) groups is 1. The molecule has 0 N–H and O–H groups in total. The topological polar surface area (TPSA) is 23.6 Å². The third-order valence-corrected chi connectivity index (χ3v) is 3.24. The number of fused-ring (bicyclic) bond motifs is 1. The van der Waals surface area contributed by atoms with Crippen LogP contribution in [0.5, 0.6) is 0 Å². The van der Waals surface area contributed by atoms with Gasteiger partial charge in [0.2, 0.25) is 5.91 Å². The molecular weight excluding hydrogens is 268 g/mol. The molecule has 1 aliphatic heterocycles. The van der Waals surface area contributed by atoms with Crippen LogP contribution in [-0.4, -0.2) is 30.9 Å². The lowest BCUT2D eigenvalue weighted by molar-refractivity contribution is -0.117. The first-order chi connectivity index (χ1) is 7.61. The summed E-state index contributed by atoms with van der Waals surface area (Å²) in [4.78, 5) is 15.9. The summed E-state index contributed by atoms with van der Waals surface area (Å²) in [6.45, 7) is 3.49. The molecule has 1 aliphatic rings. The van der Waals surface area contributed by atoms with Crippen LogP contribution in [0.3, 0.4) is 0 Å². The Morgan fingerprint density at radius 2 is 1.94 bits per heavy atom. The molecule has 0 spiro atoms. The van der Waals surface area contributed by atoms with E-state index in [1.165, 1.54) is 0 Å². The lowest BCUT2D eigenvalue weighted by atomic mass is 10.1. The average molecular weight is 283 g/mol. The molecule has 0 aromatic heterocycles. The van der Waals surface area contributed by atoms with E-state index in [1.807, 2.05) is 36.1 Å². The molecule has 0 fully saturated rings. The van der Waals surface area contributed by atoms with Gasteiger partial charge < -0.3 is 9.80 Å². The number of nitrogens with zero attached hydrogens (tertiary/aromatic N) is 2. The summed E-state index contributed by atoms with van der Waals surface area (Å²) in [6.07, 6.45) is 0. The Balaban J connectivity index is 2.38. The fraction of sp³-hybridized carbons (Fsp3) is 0.417. The van der Waals surface area contributed by atoms with E-state index in [4.69, 9.17) is 0 Å². The Labute approximate surface area is 104 Å². The Hall–Kier alpha value is -1.03. The average Bonchev–Trinajstić information content (AvgIpc) is 2.29. The molecule has 4 heteroatoms.